The van der Waals surface area contributed by atoms with Crippen LogP contribution in [0.1, 0.15) is 36.8 Å². The lowest BCUT2D eigenvalue weighted by molar-refractivity contribution is 0.237. The molecule has 0 radical (unpaired) electrons. The lowest BCUT2D eigenvalue weighted by Gasteiger charge is -2.33. The number of nitrogens with zero attached hydrogens (tertiary/aromatic N) is 1. The molecule has 1 aliphatic carbocycles. The second-order valence-electron chi connectivity index (χ2n) is 5.13. The summed E-state index contributed by atoms with van der Waals surface area (Å²) in [4.78, 5) is 2.54. The average Bonchev–Trinajstić information content (AvgIpc) is 2.76. The molecule has 3 nitrogen and oxygen atoms in total. The zero-order chi connectivity index (χ0) is 12.0. The van der Waals surface area contributed by atoms with Gasteiger partial charge in [-0.05, 0) is 44.0 Å². The van der Waals surface area contributed by atoms with Crippen molar-refractivity contribution in [2.24, 2.45) is 0 Å². The summed E-state index contributed by atoms with van der Waals surface area (Å²) in [6.07, 6.45) is 3.16. The van der Waals surface area contributed by atoms with Crippen LogP contribution in [0.3, 0.4) is 0 Å². The van der Waals surface area contributed by atoms with Gasteiger partial charge in [0.1, 0.15) is 0 Å². The Kier molecular flexibility index (Phi) is 2.51. The molecular formula is C14H19NO2. The first-order chi connectivity index (χ1) is 8.22. The third kappa shape index (κ3) is 1.53. The number of likely N-dealkylation sites (N-methyl/N-ethyl adjacent to an activating group) is 1. The fourth-order valence-electron chi connectivity index (χ4n) is 3.60. The lowest BCUT2D eigenvalue weighted by Crippen LogP contribution is -2.34. The molecular weight excluding hydrogens is 214 g/mol. The summed E-state index contributed by atoms with van der Waals surface area (Å²) >= 11 is 0. The summed E-state index contributed by atoms with van der Waals surface area (Å²) in [5, 5.41) is 19.5. The number of benzene rings is 1. The van der Waals surface area contributed by atoms with Crippen LogP contribution in [-0.4, -0.2) is 34.2 Å². The fourth-order valence-corrected chi connectivity index (χ4v) is 3.60. The number of likely N-dealkylation sites (tertiary alicyclic amines) is 1. The maximum absolute atomic E-state index is 9.92. The van der Waals surface area contributed by atoms with Crippen LogP contribution in [0.25, 0.3) is 0 Å². The number of fused-ring (bicyclic) bond motifs is 3. The Labute approximate surface area is 102 Å². The Morgan fingerprint density at radius 2 is 2.12 bits per heavy atom. The van der Waals surface area contributed by atoms with Crippen molar-refractivity contribution in [3.8, 4) is 11.5 Å². The summed E-state index contributed by atoms with van der Waals surface area (Å²) in [6.45, 7) is 4.49. The van der Waals surface area contributed by atoms with E-state index in [1.165, 1.54) is 12.0 Å². The van der Waals surface area contributed by atoms with Gasteiger partial charge in [0, 0.05) is 17.5 Å². The highest BCUT2D eigenvalue weighted by molar-refractivity contribution is 5.52. The molecule has 1 aromatic carbocycles. The summed E-state index contributed by atoms with van der Waals surface area (Å²) in [7, 11) is 0. The monoisotopic (exact) mass is 233 g/mol. The van der Waals surface area contributed by atoms with Crippen LogP contribution in [0.5, 0.6) is 11.5 Å². The minimum absolute atomic E-state index is 0.0209. The van der Waals surface area contributed by atoms with Crippen LogP contribution in [0.4, 0.5) is 0 Å². The van der Waals surface area contributed by atoms with Crippen LogP contribution in [-0.2, 0) is 6.42 Å². The van der Waals surface area contributed by atoms with E-state index in [2.05, 4.69) is 11.8 Å². The SMILES string of the molecule is CCN1CC[C@@H]2c3ccc(O)c(O)c3CC[C@@H]21. The molecule has 92 valence electrons. The average molecular weight is 233 g/mol. The normalized spacial score (nSPS) is 27.8. The van der Waals surface area contributed by atoms with Crippen LogP contribution in [0.15, 0.2) is 12.1 Å². The molecule has 3 rings (SSSR count). The minimum Gasteiger partial charge on any atom is -0.504 e. The number of hydrogen-bond acceptors (Lipinski definition) is 3. The second-order valence-corrected chi connectivity index (χ2v) is 5.13. The van der Waals surface area contributed by atoms with Crippen molar-refractivity contribution in [3.05, 3.63) is 23.3 Å². The Balaban J connectivity index is 2.02. The number of aromatic hydroxyl groups is 2. The third-order valence-corrected chi connectivity index (χ3v) is 4.45. The van der Waals surface area contributed by atoms with Crippen LogP contribution < -0.4 is 0 Å². The maximum Gasteiger partial charge on any atom is 0.160 e. The Morgan fingerprint density at radius 1 is 1.29 bits per heavy atom. The van der Waals surface area contributed by atoms with Crippen molar-refractivity contribution in [2.75, 3.05) is 13.1 Å². The smallest absolute Gasteiger partial charge is 0.160 e. The molecule has 0 amide bonds. The van der Waals surface area contributed by atoms with Crippen molar-refractivity contribution < 1.29 is 10.2 Å². The molecule has 1 aromatic rings. The quantitative estimate of drug-likeness (QED) is 0.731. The first-order valence-corrected chi connectivity index (χ1v) is 6.50. The van der Waals surface area contributed by atoms with E-state index in [0.717, 1.165) is 31.5 Å². The van der Waals surface area contributed by atoms with E-state index in [-0.39, 0.29) is 11.5 Å². The molecule has 1 saturated heterocycles. The van der Waals surface area contributed by atoms with Crippen LogP contribution >= 0.6 is 0 Å². The van der Waals surface area contributed by atoms with Crippen molar-refractivity contribution in [3.63, 3.8) is 0 Å². The largest absolute Gasteiger partial charge is 0.504 e. The first kappa shape index (κ1) is 10.9. The lowest BCUT2D eigenvalue weighted by atomic mass is 9.79. The fraction of sp³-hybridized carbons (Fsp3) is 0.571. The molecule has 17 heavy (non-hydrogen) atoms. The first-order valence-electron chi connectivity index (χ1n) is 6.50. The molecule has 3 heteroatoms. The van der Waals surface area contributed by atoms with Gasteiger partial charge in [0.15, 0.2) is 11.5 Å². The number of phenolic OH excluding ortho intramolecular Hbond substituents is 2. The van der Waals surface area contributed by atoms with E-state index in [1.807, 2.05) is 6.07 Å². The molecule has 1 heterocycles. The molecule has 1 aliphatic heterocycles. The van der Waals surface area contributed by atoms with E-state index in [4.69, 9.17) is 0 Å². The highest BCUT2D eigenvalue weighted by Gasteiger charge is 2.38. The zero-order valence-electron chi connectivity index (χ0n) is 10.2. The van der Waals surface area contributed by atoms with E-state index in [1.54, 1.807) is 6.07 Å². The molecule has 2 N–H and O–H groups in total. The molecule has 0 unspecified atom stereocenters. The van der Waals surface area contributed by atoms with Gasteiger partial charge >= 0.3 is 0 Å². The van der Waals surface area contributed by atoms with Crippen molar-refractivity contribution in [1.82, 2.24) is 4.90 Å². The summed E-state index contributed by atoms with van der Waals surface area (Å²) in [5.41, 5.74) is 2.23. The van der Waals surface area contributed by atoms with Crippen molar-refractivity contribution in [2.45, 2.75) is 38.1 Å². The number of phenols is 2. The van der Waals surface area contributed by atoms with E-state index in [9.17, 15) is 10.2 Å². The molecule has 1 fully saturated rings. The Bertz CT molecular complexity index is 444. The van der Waals surface area contributed by atoms with Gasteiger partial charge < -0.3 is 15.1 Å². The van der Waals surface area contributed by atoms with Gasteiger partial charge in [-0.1, -0.05) is 13.0 Å². The highest BCUT2D eigenvalue weighted by atomic mass is 16.3. The van der Waals surface area contributed by atoms with Crippen LogP contribution in [0, 0.1) is 0 Å². The van der Waals surface area contributed by atoms with Gasteiger partial charge in [0.2, 0.25) is 0 Å². The van der Waals surface area contributed by atoms with E-state index < -0.39 is 0 Å². The summed E-state index contributed by atoms with van der Waals surface area (Å²) in [6, 6.07) is 4.27. The topological polar surface area (TPSA) is 43.7 Å². The van der Waals surface area contributed by atoms with Gasteiger partial charge in [-0.15, -0.1) is 0 Å². The number of rotatable bonds is 1. The third-order valence-electron chi connectivity index (χ3n) is 4.45. The van der Waals surface area contributed by atoms with Gasteiger partial charge in [-0.25, -0.2) is 0 Å². The summed E-state index contributed by atoms with van der Waals surface area (Å²) in [5.74, 6) is 0.675. The van der Waals surface area contributed by atoms with Crippen molar-refractivity contribution >= 4 is 0 Å². The standard InChI is InChI=1S/C14H19NO2/c1-2-15-8-7-10-9-4-6-13(16)14(17)11(9)3-5-12(10)15/h4,6,10,12,16-17H,2-3,5,7-8H2,1H3/t10-,12+/m1/s1. The summed E-state index contributed by atoms with van der Waals surface area (Å²) < 4.78 is 0. The van der Waals surface area contributed by atoms with Gasteiger partial charge in [-0.2, -0.15) is 0 Å². The van der Waals surface area contributed by atoms with Gasteiger partial charge in [0.05, 0.1) is 0 Å². The van der Waals surface area contributed by atoms with Crippen molar-refractivity contribution in [1.29, 1.82) is 0 Å². The van der Waals surface area contributed by atoms with E-state index in [0.29, 0.717) is 12.0 Å². The molecule has 0 saturated carbocycles. The Morgan fingerprint density at radius 3 is 2.88 bits per heavy atom. The zero-order valence-corrected chi connectivity index (χ0v) is 10.2. The maximum atomic E-state index is 9.92. The molecule has 2 aliphatic rings. The van der Waals surface area contributed by atoms with Gasteiger partial charge in [0.25, 0.3) is 0 Å². The molecule has 0 bridgehead atoms. The Hall–Kier alpha value is -1.22. The van der Waals surface area contributed by atoms with Gasteiger partial charge in [-0.3, -0.25) is 0 Å². The van der Waals surface area contributed by atoms with E-state index >= 15 is 0 Å². The molecule has 2 atom stereocenters. The second kappa shape index (κ2) is 3.91. The predicted octanol–water partition coefficient (Wildman–Crippen LogP) is 2.22. The molecule has 0 aromatic heterocycles. The minimum atomic E-state index is 0.0209. The van der Waals surface area contributed by atoms with Crippen LogP contribution in [0.2, 0.25) is 0 Å². The number of hydrogen-bond donors (Lipinski definition) is 2. The highest BCUT2D eigenvalue weighted by Crippen LogP contribution is 2.46. The predicted molar refractivity (Wildman–Crippen MR) is 66.5 cm³/mol. The molecule has 0 spiro atoms.